The van der Waals surface area contributed by atoms with Crippen LogP contribution < -0.4 is 5.32 Å². The van der Waals surface area contributed by atoms with Crippen LogP contribution in [0.5, 0.6) is 0 Å². The highest BCUT2D eigenvalue weighted by atomic mass is 16.5. The number of hydrogen-bond acceptors (Lipinski definition) is 4. The number of hydrogen-bond donors (Lipinski definition) is 1. The van der Waals surface area contributed by atoms with Crippen LogP contribution in [0.2, 0.25) is 0 Å². The van der Waals surface area contributed by atoms with E-state index in [9.17, 15) is 4.79 Å². The molecule has 2 atom stereocenters. The molecule has 100 valence electrons. The van der Waals surface area contributed by atoms with Crippen LogP contribution in [0.3, 0.4) is 0 Å². The Labute approximate surface area is 105 Å². The number of likely N-dealkylation sites (tertiary alicyclic amines) is 1. The summed E-state index contributed by atoms with van der Waals surface area (Å²) >= 11 is 0. The van der Waals surface area contributed by atoms with E-state index in [4.69, 9.17) is 4.74 Å². The van der Waals surface area contributed by atoms with Crippen LogP contribution in [0.25, 0.3) is 0 Å². The number of rotatable bonds is 6. The number of nitrogens with one attached hydrogen (secondary N) is 1. The zero-order valence-corrected chi connectivity index (χ0v) is 11.6. The molecule has 1 aliphatic heterocycles. The second-order valence-electron chi connectivity index (χ2n) is 5.30. The summed E-state index contributed by atoms with van der Waals surface area (Å²) in [6, 6.07) is 0. The van der Waals surface area contributed by atoms with Crippen molar-refractivity contribution in [3.05, 3.63) is 0 Å². The van der Waals surface area contributed by atoms with E-state index in [1.54, 1.807) is 0 Å². The van der Waals surface area contributed by atoms with Gasteiger partial charge in [0.15, 0.2) is 0 Å². The fraction of sp³-hybridized carbons (Fsp3) is 0.923. The second kappa shape index (κ2) is 6.36. The summed E-state index contributed by atoms with van der Waals surface area (Å²) in [5.41, 5.74) is -0.546. The molecule has 17 heavy (non-hydrogen) atoms. The molecule has 1 saturated heterocycles. The normalized spacial score (nSPS) is 24.6. The van der Waals surface area contributed by atoms with Gasteiger partial charge < -0.3 is 15.0 Å². The van der Waals surface area contributed by atoms with Gasteiger partial charge in [-0.25, -0.2) is 0 Å². The van der Waals surface area contributed by atoms with Gasteiger partial charge in [0.2, 0.25) is 0 Å². The Kier molecular flexibility index (Phi) is 5.40. The van der Waals surface area contributed by atoms with Crippen molar-refractivity contribution in [2.24, 2.45) is 5.92 Å². The van der Waals surface area contributed by atoms with Gasteiger partial charge in [-0.05, 0) is 38.8 Å². The first-order chi connectivity index (χ1) is 8.01. The van der Waals surface area contributed by atoms with E-state index < -0.39 is 5.54 Å². The maximum atomic E-state index is 11.8. The van der Waals surface area contributed by atoms with Crippen LogP contribution in [0.15, 0.2) is 0 Å². The Morgan fingerprint density at radius 1 is 1.59 bits per heavy atom. The van der Waals surface area contributed by atoms with E-state index in [1.807, 2.05) is 13.8 Å². The molecule has 0 amide bonds. The van der Waals surface area contributed by atoms with Crippen LogP contribution in [0, 0.1) is 5.92 Å². The van der Waals surface area contributed by atoms with Crippen molar-refractivity contribution >= 4 is 5.97 Å². The molecule has 0 bridgehead atoms. The third-order valence-electron chi connectivity index (χ3n) is 3.64. The average Bonchev–Trinajstić information content (AvgIpc) is 2.72. The Balaban J connectivity index is 2.46. The quantitative estimate of drug-likeness (QED) is 0.712. The highest BCUT2D eigenvalue weighted by Gasteiger charge is 2.34. The predicted molar refractivity (Wildman–Crippen MR) is 68.9 cm³/mol. The molecule has 0 spiro atoms. The minimum absolute atomic E-state index is 0.161. The first-order valence-corrected chi connectivity index (χ1v) is 6.57. The molecule has 2 unspecified atom stereocenters. The number of likely N-dealkylation sites (N-methyl/N-ethyl adjacent to an activating group) is 1. The molecular weight excluding hydrogens is 216 g/mol. The summed E-state index contributed by atoms with van der Waals surface area (Å²) in [5, 5.41) is 3.24. The molecule has 0 aromatic carbocycles. The van der Waals surface area contributed by atoms with E-state index in [-0.39, 0.29) is 5.97 Å². The van der Waals surface area contributed by atoms with Gasteiger partial charge in [-0.3, -0.25) is 4.79 Å². The van der Waals surface area contributed by atoms with Crippen molar-refractivity contribution in [2.45, 2.75) is 39.2 Å². The van der Waals surface area contributed by atoms with Crippen molar-refractivity contribution in [2.75, 3.05) is 33.3 Å². The Hall–Kier alpha value is -0.610. The first kappa shape index (κ1) is 14.5. The second-order valence-corrected chi connectivity index (χ2v) is 5.30. The molecular formula is C13H26N2O2. The maximum absolute atomic E-state index is 11.8. The fourth-order valence-corrected chi connectivity index (χ4v) is 2.49. The van der Waals surface area contributed by atoms with Gasteiger partial charge in [0.05, 0.1) is 7.11 Å². The number of carbonyl (C=O) groups is 1. The molecule has 0 aliphatic carbocycles. The van der Waals surface area contributed by atoms with Gasteiger partial charge in [-0.2, -0.15) is 0 Å². The van der Waals surface area contributed by atoms with Crippen molar-refractivity contribution in [1.29, 1.82) is 0 Å². The lowest BCUT2D eigenvalue weighted by atomic mass is 9.97. The van der Waals surface area contributed by atoms with Gasteiger partial charge in [-0.1, -0.05) is 13.8 Å². The van der Waals surface area contributed by atoms with Gasteiger partial charge in [0.1, 0.15) is 5.54 Å². The molecule has 0 saturated carbocycles. The monoisotopic (exact) mass is 242 g/mol. The lowest BCUT2D eigenvalue weighted by Crippen LogP contribution is -2.51. The van der Waals surface area contributed by atoms with Crippen molar-refractivity contribution < 1.29 is 9.53 Å². The maximum Gasteiger partial charge on any atom is 0.325 e. The van der Waals surface area contributed by atoms with E-state index in [0.29, 0.717) is 0 Å². The number of carbonyl (C=O) groups excluding carboxylic acids is 1. The highest BCUT2D eigenvalue weighted by Crippen LogP contribution is 2.18. The molecule has 1 fully saturated rings. The molecule has 0 aromatic rings. The third-order valence-corrected chi connectivity index (χ3v) is 3.64. The molecule has 0 aromatic heterocycles. The first-order valence-electron chi connectivity index (χ1n) is 6.57. The van der Waals surface area contributed by atoms with Gasteiger partial charge in [-0.15, -0.1) is 0 Å². The summed E-state index contributed by atoms with van der Waals surface area (Å²) in [7, 11) is 1.45. The van der Waals surface area contributed by atoms with E-state index in [0.717, 1.165) is 38.5 Å². The van der Waals surface area contributed by atoms with Crippen molar-refractivity contribution in [1.82, 2.24) is 10.2 Å². The van der Waals surface area contributed by atoms with Crippen LogP contribution >= 0.6 is 0 Å². The summed E-state index contributed by atoms with van der Waals surface area (Å²) < 4.78 is 4.88. The van der Waals surface area contributed by atoms with E-state index in [1.165, 1.54) is 13.5 Å². The zero-order chi connectivity index (χ0) is 12.9. The number of esters is 1. The number of methoxy groups -OCH3 is 1. The molecule has 4 heteroatoms. The standard InChI is InChI=1S/C13H26N2O2/c1-5-14-13(3,12(16)17-4)7-9-15-8-6-11(2)10-15/h11,14H,5-10H2,1-4H3. The average molecular weight is 242 g/mol. The van der Waals surface area contributed by atoms with Crippen LogP contribution in [-0.2, 0) is 9.53 Å². The molecule has 4 nitrogen and oxygen atoms in total. The van der Waals surface area contributed by atoms with Gasteiger partial charge in [0.25, 0.3) is 0 Å². The summed E-state index contributed by atoms with van der Waals surface area (Å²) in [6.45, 7) is 10.3. The lowest BCUT2D eigenvalue weighted by Gasteiger charge is -2.29. The van der Waals surface area contributed by atoms with Crippen LogP contribution in [-0.4, -0.2) is 49.7 Å². The fourth-order valence-electron chi connectivity index (χ4n) is 2.49. The van der Waals surface area contributed by atoms with Gasteiger partial charge >= 0.3 is 5.97 Å². The molecule has 1 aliphatic rings. The smallest absolute Gasteiger partial charge is 0.325 e. The Bertz CT molecular complexity index is 258. The molecule has 1 heterocycles. The predicted octanol–water partition coefficient (Wildman–Crippen LogP) is 1.26. The van der Waals surface area contributed by atoms with Crippen LogP contribution in [0.1, 0.15) is 33.6 Å². The topological polar surface area (TPSA) is 41.6 Å². The Morgan fingerprint density at radius 3 is 2.76 bits per heavy atom. The molecule has 0 radical (unpaired) electrons. The van der Waals surface area contributed by atoms with Crippen LogP contribution in [0.4, 0.5) is 0 Å². The van der Waals surface area contributed by atoms with Crippen molar-refractivity contribution in [3.63, 3.8) is 0 Å². The third kappa shape index (κ3) is 3.96. The van der Waals surface area contributed by atoms with E-state index >= 15 is 0 Å². The number of ether oxygens (including phenoxy) is 1. The SMILES string of the molecule is CCNC(C)(CCN1CCC(C)C1)C(=O)OC. The minimum atomic E-state index is -0.546. The molecule has 1 N–H and O–H groups in total. The van der Waals surface area contributed by atoms with Gasteiger partial charge in [0, 0.05) is 13.1 Å². The minimum Gasteiger partial charge on any atom is -0.468 e. The number of nitrogens with zero attached hydrogens (tertiary/aromatic N) is 1. The summed E-state index contributed by atoms with van der Waals surface area (Å²) in [6.07, 6.45) is 2.08. The van der Waals surface area contributed by atoms with E-state index in [2.05, 4.69) is 17.1 Å². The zero-order valence-electron chi connectivity index (χ0n) is 11.6. The summed E-state index contributed by atoms with van der Waals surface area (Å²) in [5.74, 6) is 0.630. The largest absolute Gasteiger partial charge is 0.468 e. The Morgan fingerprint density at radius 2 is 2.29 bits per heavy atom. The highest BCUT2D eigenvalue weighted by molar-refractivity contribution is 5.80. The molecule has 1 rings (SSSR count). The lowest BCUT2D eigenvalue weighted by molar-refractivity contribution is -0.148. The summed E-state index contributed by atoms with van der Waals surface area (Å²) in [4.78, 5) is 14.2. The van der Waals surface area contributed by atoms with Crippen molar-refractivity contribution in [3.8, 4) is 0 Å².